The van der Waals surface area contributed by atoms with Crippen molar-refractivity contribution in [2.45, 2.75) is 48.2 Å². The van der Waals surface area contributed by atoms with Crippen molar-refractivity contribution in [1.82, 2.24) is 4.98 Å². The van der Waals surface area contributed by atoms with Crippen molar-refractivity contribution in [3.63, 3.8) is 0 Å². The standard InChI is InChI=1S/C24H26N2O2S/c1-16-5-2-3-8-23(16)29-19-9-10-20-17(13-19)6-4-7-18(20)14-26-22-15-25-12-11-21(22)24(27)28/h2-3,5,8-13,15,18,24,26-28H,4,6-7,14H2,1H3/t18-/m0/s1. The van der Waals surface area contributed by atoms with Crippen LogP contribution in [0.5, 0.6) is 0 Å². The fourth-order valence-electron chi connectivity index (χ4n) is 3.98. The zero-order chi connectivity index (χ0) is 20.2. The van der Waals surface area contributed by atoms with E-state index in [2.05, 4.69) is 59.7 Å². The van der Waals surface area contributed by atoms with Crippen LogP contribution in [0.15, 0.2) is 70.7 Å². The number of rotatable bonds is 6. The number of aromatic nitrogens is 1. The molecule has 0 saturated carbocycles. The van der Waals surface area contributed by atoms with Crippen LogP contribution in [0.25, 0.3) is 0 Å². The Labute approximate surface area is 176 Å². The van der Waals surface area contributed by atoms with Gasteiger partial charge in [0.05, 0.1) is 11.9 Å². The molecule has 150 valence electrons. The highest BCUT2D eigenvalue weighted by atomic mass is 32.2. The SMILES string of the molecule is Cc1ccccc1Sc1ccc2c(c1)CCC[C@H]2CNc1cnccc1C(O)O. The maximum absolute atomic E-state index is 9.56. The lowest BCUT2D eigenvalue weighted by molar-refractivity contribution is -0.0419. The Balaban J connectivity index is 1.50. The molecule has 0 bridgehead atoms. The first kappa shape index (κ1) is 20.0. The lowest BCUT2D eigenvalue weighted by Crippen LogP contribution is -2.19. The zero-order valence-corrected chi connectivity index (χ0v) is 17.3. The Morgan fingerprint density at radius 3 is 2.86 bits per heavy atom. The smallest absolute Gasteiger partial charge is 0.180 e. The molecule has 0 fully saturated rings. The summed E-state index contributed by atoms with van der Waals surface area (Å²) in [6.45, 7) is 2.90. The quantitative estimate of drug-likeness (QED) is 0.500. The number of benzene rings is 2. The molecule has 1 aromatic heterocycles. The number of aliphatic hydroxyl groups excluding tert-OH is 1. The normalized spacial score (nSPS) is 15.9. The van der Waals surface area contributed by atoms with E-state index in [-0.39, 0.29) is 0 Å². The fraction of sp³-hybridized carbons (Fsp3) is 0.292. The number of anilines is 1. The third-order valence-electron chi connectivity index (χ3n) is 5.55. The van der Waals surface area contributed by atoms with Gasteiger partial charge in [0.25, 0.3) is 0 Å². The summed E-state index contributed by atoms with van der Waals surface area (Å²) in [6.07, 6.45) is 5.13. The van der Waals surface area contributed by atoms with E-state index >= 15 is 0 Å². The summed E-state index contributed by atoms with van der Waals surface area (Å²) in [6, 6.07) is 17.0. The van der Waals surface area contributed by atoms with Crippen molar-refractivity contribution in [2.75, 3.05) is 11.9 Å². The van der Waals surface area contributed by atoms with Crippen molar-refractivity contribution in [3.05, 3.63) is 83.2 Å². The molecular weight excluding hydrogens is 380 g/mol. The minimum absolute atomic E-state index is 0.403. The molecule has 3 N–H and O–H groups in total. The molecule has 4 rings (SSSR count). The molecule has 0 radical (unpaired) electrons. The molecule has 3 aromatic rings. The van der Waals surface area contributed by atoms with Crippen molar-refractivity contribution < 1.29 is 10.2 Å². The molecule has 0 saturated heterocycles. The molecule has 1 aliphatic rings. The minimum atomic E-state index is -1.50. The van der Waals surface area contributed by atoms with E-state index < -0.39 is 6.29 Å². The maximum atomic E-state index is 9.56. The number of nitrogens with zero attached hydrogens (tertiary/aromatic N) is 1. The molecule has 1 atom stereocenters. The predicted molar refractivity (Wildman–Crippen MR) is 117 cm³/mol. The van der Waals surface area contributed by atoms with E-state index in [0.717, 1.165) is 19.4 Å². The predicted octanol–water partition coefficient (Wildman–Crippen LogP) is 5.06. The Morgan fingerprint density at radius 2 is 2.03 bits per heavy atom. The van der Waals surface area contributed by atoms with Gasteiger partial charge in [0.1, 0.15) is 0 Å². The van der Waals surface area contributed by atoms with Crippen LogP contribution in [0.3, 0.4) is 0 Å². The molecular formula is C24H26N2O2S. The first-order valence-corrected chi connectivity index (χ1v) is 10.8. The highest BCUT2D eigenvalue weighted by Crippen LogP contribution is 2.37. The summed E-state index contributed by atoms with van der Waals surface area (Å²) in [4.78, 5) is 6.69. The zero-order valence-electron chi connectivity index (χ0n) is 16.5. The summed E-state index contributed by atoms with van der Waals surface area (Å²) in [5.41, 5.74) is 5.26. The van der Waals surface area contributed by atoms with Gasteiger partial charge < -0.3 is 15.5 Å². The summed E-state index contributed by atoms with van der Waals surface area (Å²) in [5, 5.41) is 22.5. The van der Waals surface area contributed by atoms with Crippen molar-refractivity contribution in [1.29, 1.82) is 0 Å². The van der Waals surface area contributed by atoms with Crippen LogP contribution in [0.2, 0.25) is 0 Å². The molecule has 0 unspecified atom stereocenters. The summed E-state index contributed by atoms with van der Waals surface area (Å²) >= 11 is 1.82. The maximum Gasteiger partial charge on any atom is 0.180 e. The topological polar surface area (TPSA) is 65.4 Å². The van der Waals surface area contributed by atoms with E-state index in [1.54, 1.807) is 18.5 Å². The van der Waals surface area contributed by atoms with E-state index in [1.165, 1.54) is 32.9 Å². The summed E-state index contributed by atoms with van der Waals surface area (Å²) in [5.74, 6) is 0.403. The highest BCUT2D eigenvalue weighted by Gasteiger charge is 2.21. The van der Waals surface area contributed by atoms with Gasteiger partial charge in [0.2, 0.25) is 0 Å². The summed E-state index contributed by atoms with van der Waals surface area (Å²) < 4.78 is 0. The van der Waals surface area contributed by atoms with Gasteiger partial charge in [0.15, 0.2) is 6.29 Å². The second-order valence-corrected chi connectivity index (χ2v) is 8.65. The number of hydrogen-bond donors (Lipinski definition) is 3. The number of fused-ring (bicyclic) bond motifs is 1. The molecule has 1 aliphatic carbocycles. The molecule has 0 spiro atoms. The average molecular weight is 407 g/mol. The van der Waals surface area contributed by atoms with Crippen LogP contribution in [-0.4, -0.2) is 21.7 Å². The second kappa shape index (κ2) is 8.99. The van der Waals surface area contributed by atoms with Gasteiger partial charge in [-0.15, -0.1) is 0 Å². The first-order chi connectivity index (χ1) is 14.1. The van der Waals surface area contributed by atoms with E-state index in [0.29, 0.717) is 17.2 Å². The Morgan fingerprint density at radius 1 is 1.17 bits per heavy atom. The Hall–Kier alpha value is -2.34. The number of pyridine rings is 1. The average Bonchev–Trinajstić information content (AvgIpc) is 2.74. The first-order valence-electron chi connectivity index (χ1n) is 10.0. The lowest BCUT2D eigenvalue weighted by Gasteiger charge is -2.27. The molecule has 1 heterocycles. The highest BCUT2D eigenvalue weighted by molar-refractivity contribution is 7.99. The monoisotopic (exact) mass is 406 g/mol. The lowest BCUT2D eigenvalue weighted by atomic mass is 9.83. The van der Waals surface area contributed by atoms with E-state index in [9.17, 15) is 10.2 Å². The van der Waals surface area contributed by atoms with Crippen molar-refractivity contribution in [2.24, 2.45) is 0 Å². The van der Waals surface area contributed by atoms with E-state index in [1.807, 2.05) is 11.8 Å². The van der Waals surface area contributed by atoms with Crippen LogP contribution < -0.4 is 5.32 Å². The minimum Gasteiger partial charge on any atom is -0.383 e. The fourth-order valence-corrected chi connectivity index (χ4v) is 4.94. The number of nitrogens with one attached hydrogen (secondary N) is 1. The van der Waals surface area contributed by atoms with Crippen LogP contribution in [-0.2, 0) is 6.42 Å². The van der Waals surface area contributed by atoms with Gasteiger partial charge in [-0.25, -0.2) is 0 Å². The second-order valence-electron chi connectivity index (χ2n) is 7.53. The van der Waals surface area contributed by atoms with Crippen molar-refractivity contribution >= 4 is 17.4 Å². The molecule has 4 nitrogen and oxygen atoms in total. The van der Waals surface area contributed by atoms with Gasteiger partial charge in [-0.3, -0.25) is 4.98 Å². The van der Waals surface area contributed by atoms with E-state index in [4.69, 9.17) is 0 Å². The molecule has 2 aromatic carbocycles. The van der Waals surface area contributed by atoms with Gasteiger partial charge in [-0.05, 0) is 67.1 Å². The number of aryl methyl sites for hydroxylation is 2. The third kappa shape index (κ3) is 4.64. The molecule has 0 amide bonds. The summed E-state index contributed by atoms with van der Waals surface area (Å²) in [7, 11) is 0. The van der Waals surface area contributed by atoms with Crippen molar-refractivity contribution in [3.8, 4) is 0 Å². The largest absolute Gasteiger partial charge is 0.383 e. The van der Waals surface area contributed by atoms with Crippen LogP contribution in [0, 0.1) is 6.92 Å². The Kier molecular flexibility index (Phi) is 6.19. The Bertz CT molecular complexity index is 990. The molecule has 29 heavy (non-hydrogen) atoms. The van der Waals surface area contributed by atoms with Crippen LogP contribution >= 0.6 is 11.8 Å². The van der Waals surface area contributed by atoms with Gasteiger partial charge >= 0.3 is 0 Å². The molecule has 0 aliphatic heterocycles. The van der Waals surface area contributed by atoms with Gasteiger partial charge in [-0.2, -0.15) is 0 Å². The number of hydrogen-bond acceptors (Lipinski definition) is 5. The van der Waals surface area contributed by atoms with Crippen LogP contribution in [0.1, 0.15) is 47.3 Å². The van der Waals surface area contributed by atoms with Crippen LogP contribution in [0.4, 0.5) is 5.69 Å². The molecule has 5 heteroatoms. The van der Waals surface area contributed by atoms with Gasteiger partial charge in [-0.1, -0.05) is 36.0 Å². The third-order valence-corrected chi connectivity index (χ3v) is 6.71. The number of aliphatic hydroxyl groups is 2. The van der Waals surface area contributed by atoms with Gasteiger partial charge in [0, 0.05) is 34.0 Å².